The minimum Gasteiger partial charge on any atom is -0.493 e. The maximum absolute atomic E-state index is 12.2. The highest BCUT2D eigenvalue weighted by Crippen LogP contribution is 2.26. The van der Waals surface area contributed by atoms with E-state index in [1.54, 1.807) is 19.2 Å². The van der Waals surface area contributed by atoms with Crippen molar-refractivity contribution in [2.45, 2.75) is 51.7 Å². The fourth-order valence-corrected chi connectivity index (χ4v) is 3.37. The fourth-order valence-electron chi connectivity index (χ4n) is 3.37. The van der Waals surface area contributed by atoms with E-state index in [0.29, 0.717) is 17.5 Å². The Labute approximate surface area is 165 Å². The van der Waals surface area contributed by atoms with Crippen molar-refractivity contribution in [2.24, 2.45) is 0 Å². The summed E-state index contributed by atoms with van der Waals surface area (Å²) in [5.41, 5.74) is 1.80. The highest BCUT2D eigenvalue weighted by molar-refractivity contribution is 5.77. The van der Waals surface area contributed by atoms with Gasteiger partial charge in [0, 0.05) is 17.4 Å². The maximum atomic E-state index is 12.2. The summed E-state index contributed by atoms with van der Waals surface area (Å²) >= 11 is 0. The molecule has 0 spiro atoms. The second-order valence-electron chi connectivity index (χ2n) is 7.03. The maximum Gasteiger partial charge on any atom is 0.317 e. The lowest BCUT2D eigenvalue weighted by atomic mass is 9.93. The van der Waals surface area contributed by atoms with Crippen LogP contribution in [0.1, 0.15) is 37.1 Å². The molecule has 7 nitrogen and oxygen atoms in total. The minimum absolute atomic E-state index is 0.0345. The molecule has 1 heterocycles. The van der Waals surface area contributed by atoms with E-state index in [2.05, 4.69) is 15.3 Å². The van der Waals surface area contributed by atoms with Gasteiger partial charge in [-0.1, -0.05) is 12.1 Å². The molecule has 1 aromatic heterocycles. The molecule has 7 heteroatoms. The first-order chi connectivity index (χ1) is 13.5. The van der Waals surface area contributed by atoms with Crippen LogP contribution in [0.4, 0.5) is 0 Å². The van der Waals surface area contributed by atoms with Crippen molar-refractivity contribution in [1.29, 1.82) is 0 Å². The second kappa shape index (κ2) is 9.39. The largest absolute Gasteiger partial charge is 0.493 e. The molecular weight excluding hydrogens is 358 g/mol. The Bertz CT molecular complexity index is 784. The molecule has 1 amide bonds. The molecule has 2 aromatic rings. The Morgan fingerprint density at radius 1 is 1.07 bits per heavy atom. The van der Waals surface area contributed by atoms with Crippen LogP contribution in [0.5, 0.6) is 17.5 Å². The molecule has 1 aliphatic carbocycles. The van der Waals surface area contributed by atoms with Crippen LogP contribution >= 0.6 is 0 Å². The number of hydrogen-bond acceptors (Lipinski definition) is 6. The van der Waals surface area contributed by atoms with Gasteiger partial charge < -0.3 is 19.5 Å². The van der Waals surface area contributed by atoms with Crippen LogP contribution in [0.3, 0.4) is 0 Å². The zero-order chi connectivity index (χ0) is 19.9. The number of benzene rings is 1. The first kappa shape index (κ1) is 19.9. The van der Waals surface area contributed by atoms with E-state index in [-0.39, 0.29) is 24.7 Å². The first-order valence-corrected chi connectivity index (χ1v) is 9.57. The average Bonchev–Trinajstić information content (AvgIpc) is 2.67. The molecule has 1 saturated carbocycles. The number of carbonyl (C=O) groups is 1. The molecular formula is C21H27N3O4. The lowest BCUT2D eigenvalue weighted by molar-refractivity contribution is -0.124. The van der Waals surface area contributed by atoms with Crippen molar-refractivity contribution < 1.29 is 19.0 Å². The predicted octanol–water partition coefficient (Wildman–Crippen LogP) is 2.99. The van der Waals surface area contributed by atoms with Gasteiger partial charge in [-0.25, -0.2) is 9.97 Å². The number of ether oxygens (including phenoxy) is 3. The molecule has 0 saturated heterocycles. The normalized spacial score (nSPS) is 19.0. The molecule has 0 aliphatic heterocycles. The smallest absolute Gasteiger partial charge is 0.317 e. The highest BCUT2D eigenvalue weighted by Gasteiger charge is 2.24. The van der Waals surface area contributed by atoms with Gasteiger partial charge >= 0.3 is 6.01 Å². The fraction of sp³-hybridized carbons (Fsp3) is 0.476. The number of amides is 1. The summed E-state index contributed by atoms with van der Waals surface area (Å²) < 4.78 is 16.7. The standard InChI is InChI=1S/C21H27N3O4/c1-14-12-15(2)23-21(22-14)28-17-10-8-16(9-11-17)24-20(25)13-27-19-7-5-4-6-18(19)26-3/h4-7,12,16-17H,8-11,13H2,1-3H3,(H,24,25). The van der Waals surface area contributed by atoms with Crippen LogP contribution in [-0.4, -0.2) is 41.7 Å². The Morgan fingerprint density at radius 3 is 2.36 bits per heavy atom. The van der Waals surface area contributed by atoms with Gasteiger partial charge in [-0.3, -0.25) is 4.79 Å². The van der Waals surface area contributed by atoms with Gasteiger partial charge in [-0.15, -0.1) is 0 Å². The van der Waals surface area contributed by atoms with Gasteiger partial charge in [-0.2, -0.15) is 0 Å². The van der Waals surface area contributed by atoms with Crippen LogP contribution in [0.25, 0.3) is 0 Å². The SMILES string of the molecule is COc1ccccc1OCC(=O)NC1CCC(Oc2nc(C)cc(C)n2)CC1. The summed E-state index contributed by atoms with van der Waals surface area (Å²) in [5.74, 6) is 1.04. The number of nitrogens with zero attached hydrogens (tertiary/aromatic N) is 2. The van der Waals surface area contributed by atoms with Crippen molar-refractivity contribution in [3.05, 3.63) is 41.7 Å². The number of aromatic nitrogens is 2. The lowest BCUT2D eigenvalue weighted by Crippen LogP contribution is -2.41. The van der Waals surface area contributed by atoms with E-state index < -0.39 is 0 Å². The summed E-state index contributed by atoms with van der Waals surface area (Å²) in [6.45, 7) is 3.83. The molecule has 0 unspecified atom stereocenters. The van der Waals surface area contributed by atoms with E-state index in [4.69, 9.17) is 14.2 Å². The molecule has 1 N–H and O–H groups in total. The molecule has 0 radical (unpaired) electrons. The molecule has 0 bridgehead atoms. The summed E-state index contributed by atoms with van der Waals surface area (Å²) in [6, 6.07) is 9.78. The topological polar surface area (TPSA) is 82.6 Å². The van der Waals surface area contributed by atoms with Gasteiger partial charge in [0.15, 0.2) is 18.1 Å². The summed E-state index contributed by atoms with van der Waals surface area (Å²) in [7, 11) is 1.58. The van der Waals surface area contributed by atoms with E-state index in [0.717, 1.165) is 37.1 Å². The van der Waals surface area contributed by atoms with Crippen molar-refractivity contribution in [3.63, 3.8) is 0 Å². The summed E-state index contributed by atoms with van der Waals surface area (Å²) in [5, 5.41) is 3.04. The summed E-state index contributed by atoms with van der Waals surface area (Å²) in [4.78, 5) is 20.9. The van der Waals surface area contributed by atoms with Crippen LogP contribution in [-0.2, 0) is 4.79 Å². The predicted molar refractivity (Wildman–Crippen MR) is 105 cm³/mol. The molecule has 1 aromatic carbocycles. The Balaban J connectivity index is 1.42. The average molecular weight is 385 g/mol. The third-order valence-electron chi connectivity index (χ3n) is 4.70. The number of aryl methyl sites for hydroxylation is 2. The number of carbonyl (C=O) groups excluding carboxylic acids is 1. The van der Waals surface area contributed by atoms with Gasteiger partial charge in [0.25, 0.3) is 5.91 Å². The molecule has 1 aliphatic rings. The lowest BCUT2D eigenvalue weighted by Gasteiger charge is -2.29. The van der Waals surface area contributed by atoms with Crippen molar-refractivity contribution in [2.75, 3.05) is 13.7 Å². The highest BCUT2D eigenvalue weighted by atomic mass is 16.5. The van der Waals surface area contributed by atoms with Crippen molar-refractivity contribution >= 4 is 5.91 Å². The minimum atomic E-state index is -0.132. The Kier molecular flexibility index (Phi) is 6.68. The van der Waals surface area contributed by atoms with E-state index >= 15 is 0 Å². The molecule has 3 rings (SSSR count). The number of nitrogens with one attached hydrogen (secondary N) is 1. The second-order valence-corrected chi connectivity index (χ2v) is 7.03. The third-order valence-corrected chi connectivity index (χ3v) is 4.70. The van der Waals surface area contributed by atoms with Gasteiger partial charge in [-0.05, 0) is 57.7 Å². The van der Waals surface area contributed by atoms with Gasteiger partial charge in [0.1, 0.15) is 6.10 Å². The van der Waals surface area contributed by atoms with E-state index in [1.807, 2.05) is 32.0 Å². The third kappa shape index (κ3) is 5.58. The molecule has 0 atom stereocenters. The zero-order valence-corrected chi connectivity index (χ0v) is 16.6. The van der Waals surface area contributed by atoms with Crippen molar-refractivity contribution in [1.82, 2.24) is 15.3 Å². The number of rotatable bonds is 7. The summed E-state index contributed by atoms with van der Waals surface area (Å²) in [6.07, 6.45) is 3.51. The number of para-hydroxylation sites is 2. The van der Waals surface area contributed by atoms with Crippen LogP contribution in [0.2, 0.25) is 0 Å². The molecule has 1 fully saturated rings. The first-order valence-electron chi connectivity index (χ1n) is 9.57. The quantitative estimate of drug-likeness (QED) is 0.789. The number of hydrogen-bond donors (Lipinski definition) is 1. The van der Waals surface area contributed by atoms with E-state index in [1.165, 1.54) is 0 Å². The van der Waals surface area contributed by atoms with Crippen molar-refractivity contribution in [3.8, 4) is 17.5 Å². The Hall–Kier alpha value is -2.83. The number of methoxy groups -OCH3 is 1. The van der Waals surface area contributed by atoms with Crippen LogP contribution < -0.4 is 19.5 Å². The van der Waals surface area contributed by atoms with Gasteiger partial charge in [0.05, 0.1) is 7.11 Å². The molecule has 28 heavy (non-hydrogen) atoms. The monoisotopic (exact) mass is 385 g/mol. The Morgan fingerprint density at radius 2 is 1.71 bits per heavy atom. The van der Waals surface area contributed by atoms with E-state index in [9.17, 15) is 4.79 Å². The molecule has 150 valence electrons. The van der Waals surface area contributed by atoms with Gasteiger partial charge in [0.2, 0.25) is 0 Å². The zero-order valence-electron chi connectivity index (χ0n) is 16.6. The van der Waals surface area contributed by atoms with Crippen LogP contribution in [0.15, 0.2) is 30.3 Å². The van der Waals surface area contributed by atoms with Crippen LogP contribution in [0, 0.1) is 13.8 Å².